The van der Waals surface area contributed by atoms with Crippen LogP contribution in [0.15, 0.2) is 18.2 Å². The molecule has 0 unspecified atom stereocenters. The molecule has 1 saturated heterocycles. The van der Waals surface area contributed by atoms with E-state index in [4.69, 9.17) is 4.74 Å². The van der Waals surface area contributed by atoms with Crippen LogP contribution in [0.1, 0.15) is 23.2 Å². The van der Waals surface area contributed by atoms with Gasteiger partial charge >= 0.3 is 0 Å². The van der Waals surface area contributed by atoms with Crippen LogP contribution in [0.2, 0.25) is 0 Å². The molecule has 2 aliphatic rings. The second-order valence-corrected chi connectivity index (χ2v) is 5.31. The van der Waals surface area contributed by atoms with Crippen molar-refractivity contribution < 1.29 is 14.5 Å². The van der Waals surface area contributed by atoms with E-state index in [9.17, 15) is 14.9 Å². The van der Waals surface area contributed by atoms with Crippen LogP contribution in [0.25, 0.3) is 0 Å². The molecule has 112 valence electrons. The average Bonchev–Trinajstić information content (AvgIpc) is 3.31. The SMILES string of the molecule is O=C(c1ccc(NC2CC2)c([N+](=O)[O-])c1)N1CCOCC1. The third-order valence-corrected chi connectivity index (χ3v) is 3.68. The summed E-state index contributed by atoms with van der Waals surface area (Å²) in [6.45, 7) is 2.06. The number of nitro benzene ring substituents is 1. The van der Waals surface area contributed by atoms with Gasteiger partial charge in [-0.3, -0.25) is 14.9 Å². The first-order valence-electron chi connectivity index (χ1n) is 7.07. The topological polar surface area (TPSA) is 84.7 Å². The summed E-state index contributed by atoms with van der Waals surface area (Å²) in [5.41, 5.74) is 0.798. The first-order chi connectivity index (χ1) is 10.1. The number of carbonyl (C=O) groups is 1. The summed E-state index contributed by atoms with van der Waals surface area (Å²) in [7, 11) is 0. The molecule has 0 radical (unpaired) electrons. The number of amides is 1. The third kappa shape index (κ3) is 3.13. The molecule has 0 spiro atoms. The quantitative estimate of drug-likeness (QED) is 0.673. The molecule has 3 rings (SSSR count). The van der Waals surface area contributed by atoms with Gasteiger partial charge < -0.3 is 15.0 Å². The predicted molar refractivity (Wildman–Crippen MR) is 76.5 cm³/mol. The number of nitrogens with one attached hydrogen (secondary N) is 1. The average molecular weight is 291 g/mol. The molecule has 1 aromatic carbocycles. The molecule has 1 heterocycles. The first kappa shape index (κ1) is 13.8. The minimum absolute atomic E-state index is 0.0407. The van der Waals surface area contributed by atoms with Gasteiger partial charge in [0.15, 0.2) is 0 Å². The molecule has 1 aliphatic carbocycles. The normalized spacial score (nSPS) is 18.4. The molecule has 7 nitrogen and oxygen atoms in total. The zero-order valence-electron chi connectivity index (χ0n) is 11.6. The summed E-state index contributed by atoms with van der Waals surface area (Å²) in [6, 6.07) is 4.96. The number of nitrogens with zero attached hydrogens (tertiary/aromatic N) is 2. The van der Waals surface area contributed by atoms with Gasteiger partial charge in [-0.25, -0.2) is 0 Å². The fourth-order valence-electron chi connectivity index (χ4n) is 2.33. The Morgan fingerprint density at radius 3 is 2.67 bits per heavy atom. The maximum Gasteiger partial charge on any atom is 0.293 e. The number of hydrogen-bond acceptors (Lipinski definition) is 5. The van der Waals surface area contributed by atoms with Gasteiger partial charge in [-0.2, -0.15) is 0 Å². The lowest BCUT2D eigenvalue weighted by Crippen LogP contribution is -2.40. The molecule has 7 heteroatoms. The number of morpholine rings is 1. The number of rotatable bonds is 4. The standard InChI is InChI=1S/C14H17N3O4/c18-14(16-5-7-21-8-6-16)10-1-4-12(15-11-2-3-11)13(9-10)17(19)20/h1,4,9,11,15H,2-3,5-8H2. The van der Waals surface area contributed by atoms with Gasteiger partial charge in [0, 0.05) is 30.8 Å². The number of ether oxygens (including phenoxy) is 1. The highest BCUT2D eigenvalue weighted by Crippen LogP contribution is 2.31. The minimum Gasteiger partial charge on any atom is -0.378 e. The second-order valence-electron chi connectivity index (χ2n) is 5.31. The van der Waals surface area contributed by atoms with E-state index in [1.54, 1.807) is 17.0 Å². The van der Waals surface area contributed by atoms with Crippen molar-refractivity contribution in [1.82, 2.24) is 4.90 Å². The monoisotopic (exact) mass is 291 g/mol. The predicted octanol–water partition coefficient (Wildman–Crippen LogP) is 1.64. The first-order valence-corrected chi connectivity index (χ1v) is 7.07. The molecule has 1 saturated carbocycles. The third-order valence-electron chi connectivity index (χ3n) is 3.68. The van der Waals surface area contributed by atoms with Gasteiger partial charge in [0.1, 0.15) is 5.69 Å². The van der Waals surface area contributed by atoms with Gasteiger partial charge in [0.05, 0.1) is 18.1 Å². The lowest BCUT2D eigenvalue weighted by molar-refractivity contribution is -0.384. The Balaban J connectivity index is 1.83. The largest absolute Gasteiger partial charge is 0.378 e. The number of nitro groups is 1. The summed E-state index contributed by atoms with van der Waals surface area (Å²) in [5, 5.41) is 14.3. The van der Waals surface area contributed by atoms with E-state index in [1.165, 1.54) is 6.07 Å². The van der Waals surface area contributed by atoms with Crippen LogP contribution in [0, 0.1) is 10.1 Å². The molecular weight excluding hydrogens is 274 g/mol. The highest BCUT2D eigenvalue weighted by Gasteiger charge is 2.26. The van der Waals surface area contributed by atoms with E-state index in [0.29, 0.717) is 43.6 Å². The maximum atomic E-state index is 12.3. The smallest absolute Gasteiger partial charge is 0.293 e. The molecule has 1 amide bonds. The summed E-state index contributed by atoms with van der Waals surface area (Å²) < 4.78 is 5.21. The van der Waals surface area contributed by atoms with Gasteiger partial charge in [0.25, 0.3) is 11.6 Å². The van der Waals surface area contributed by atoms with Crippen LogP contribution in [0.4, 0.5) is 11.4 Å². The van der Waals surface area contributed by atoms with Crippen molar-refractivity contribution in [2.24, 2.45) is 0 Å². The molecule has 0 atom stereocenters. The number of carbonyl (C=O) groups excluding carboxylic acids is 1. The Kier molecular flexibility index (Phi) is 3.74. The van der Waals surface area contributed by atoms with E-state index >= 15 is 0 Å². The fraction of sp³-hybridized carbons (Fsp3) is 0.500. The zero-order chi connectivity index (χ0) is 14.8. The number of benzene rings is 1. The van der Waals surface area contributed by atoms with Crippen LogP contribution >= 0.6 is 0 Å². The molecule has 0 bridgehead atoms. The lowest BCUT2D eigenvalue weighted by atomic mass is 10.1. The Hall–Kier alpha value is -2.15. The molecule has 21 heavy (non-hydrogen) atoms. The van der Waals surface area contributed by atoms with Crippen LogP contribution in [0.5, 0.6) is 0 Å². The highest BCUT2D eigenvalue weighted by molar-refractivity contribution is 5.95. The minimum atomic E-state index is -0.444. The van der Waals surface area contributed by atoms with Crippen LogP contribution < -0.4 is 5.32 Å². The Morgan fingerprint density at radius 2 is 2.05 bits per heavy atom. The van der Waals surface area contributed by atoms with Crippen LogP contribution in [0.3, 0.4) is 0 Å². The van der Waals surface area contributed by atoms with Crippen molar-refractivity contribution in [3.05, 3.63) is 33.9 Å². The maximum absolute atomic E-state index is 12.3. The molecule has 2 fully saturated rings. The van der Waals surface area contributed by atoms with E-state index in [2.05, 4.69) is 5.32 Å². The van der Waals surface area contributed by atoms with Gasteiger partial charge in [0.2, 0.25) is 0 Å². The summed E-state index contributed by atoms with van der Waals surface area (Å²) in [4.78, 5) is 24.8. The molecule has 1 aliphatic heterocycles. The lowest BCUT2D eigenvalue weighted by Gasteiger charge is -2.26. The summed E-state index contributed by atoms with van der Waals surface area (Å²) in [6.07, 6.45) is 2.07. The van der Waals surface area contributed by atoms with Crippen molar-refractivity contribution in [1.29, 1.82) is 0 Å². The van der Waals surface area contributed by atoms with Crippen molar-refractivity contribution in [3.63, 3.8) is 0 Å². The number of anilines is 1. The van der Waals surface area contributed by atoms with Crippen LogP contribution in [-0.4, -0.2) is 48.1 Å². The number of hydrogen-bond donors (Lipinski definition) is 1. The van der Waals surface area contributed by atoms with E-state index in [1.807, 2.05) is 0 Å². The molecule has 0 aromatic heterocycles. The fourth-order valence-corrected chi connectivity index (χ4v) is 2.33. The Bertz CT molecular complexity index is 565. The van der Waals surface area contributed by atoms with E-state index in [-0.39, 0.29) is 11.6 Å². The Labute approximate surface area is 122 Å². The van der Waals surface area contributed by atoms with E-state index in [0.717, 1.165) is 12.8 Å². The van der Waals surface area contributed by atoms with E-state index < -0.39 is 4.92 Å². The zero-order valence-corrected chi connectivity index (χ0v) is 11.6. The molecule has 1 aromatic rings. The second kappa shape index (κ2) is 5.69. The van der Waals surface area contributed by atoms with Crippen molar-refractivity contribution in [3.8, 4) is 0 Å². The Morgan fingerprint density at radius 1 is 1.33 bits per heavy atom. The van der Waals surface area contributed by atoms with Crippen molar-refractivity contribution in [2.45, 2.75) is 18.9 Å². The molecule has 1 N–H and O–H groups in total. The van der Waals surface area contributed by atoms with Gasteiger partial charge in [-0.15, -0.1) is 0 Å². The highest BCUT2D eigenvalue weighted by atomic mass is 16.6. The van der Waals surface area contributed by atoms with Crippen LogP contribution in [-0.2, 0) is 4.74 Å². The summed E-state index contributed by atoms with van der Waals surface area (Å²) in [5.74, 6) is -0.181. The molecular formula is C14H17N3O4. The summed E-state index contributed by atoms with van der Waals surface area (Å²) >= 11 is 0. The van der Waals surface area contributed by atoms with Crippen molar-refractivity contribution >= 4 is 17.3 Å². The van der Waals surface area contributed by atoms with Gasteiger partial charge in [-0.05, 0) is 25.0 Å². The van der Waals surface area contributed by atoms with Gasteiger partial charge in [-0.1, -0.05) is 0 Å². The van der Waals surface area contributed by atoms with Crippen molar-refractivity contribution in [2.75, 3.05) is 31.6 Å².